The Bertz CT molecular complexity index is 797. The molecule has 0 aliphatic rings. The van der Waals surface area contributed by atoms with Crippen LogP contribution in [0, 0.1) is 0 Å². The molecular weight excluding hydrogens is 290 g/mol. The van der Waals surface area contributed by atoms with E-state index in [0.29, 0.717) is 23.4 Å². The summed E-state index contributed by atoms with van der Waals surface area (Å²) in [6, 6.07) is 9.28. The smallest absolute Gasteiger partial charge is 0.214 e. The predicted molar refractivity (Wildman–Crippen MR) is 75.7 cm³/mol. The summed E-state index contributed by atoms with van der Waals surface area (Å²) in [5.41, 5.74) is 1.30. The van der Waals surface area contributed by atoms with E-state index in [-0.39, 0.29) is 10.7 Å². The molecule has 5 nitrogen and oxygen atoms in total. The average Bonchev–Trinajstić information content (AvgIpc) is 2.45. The number of aromatic nitrogens is 1. The summed E-state index contributed by atoms with van der Waals surface area (Å²) in [5, 5.41) is 0. The van der Waals surface area contributed by atoms with Crippen LogP contribution in [0.5, 0.6) is 0 Å². The van der Waals surface area contributed by atoms with Crippen LogP contribution in [0.2, 0.25) is 0 Å². The number of nitrogens with zero attached hydrogens (tertiary/aromatic N) is 1. The van der Waals surface area contributed by atoms with Gasteiger partial charge in [0.1, 0.15) is 16.7 Å². The molecule has 0 aliphatic heterocycles. The van der Waals surface area contributed by atoms with Gasteiger partial charge in [0.15, 0.2) is 12.0 Å². The highest BCUT2D eigenvalue weighted by molar-refractivity contribution is 7.85. The Hall–Kier alpha value is -2.05. The minimum Gasteiger partial charge on any atom is -0.744 e. The fourth-order valence-corrected chi connectivity index (χ4v) is 2.84. The zero-order valence-electron chi connectivity index (χ0n) is 11.7. The fourth-order valence-electron chi connectivity index (χ4n) is 2.15. The standard InChI is InChI=1S/C15H15NO4S/c1-3-16-9-8-12(11(2)17)10-14(16)13-6-4-5-7-15(13)21(18,19)20/h4-10H,3H2,1-2H3. The molecule has 0 fully saturated rings. The van der Waals surface area contributed by atoms with E-state index >= 15 is 0 Å². The second kappa shape index (κ2) is 5.75. The third-order valence-corrected chi connectivity index (χ3v) is 4.11. The van der Waals surface area contributed by atoms with Crippen molar-refractivity contribution in [2.75, 3.05) is 0 Å². The van der Waals surface area contributed by atoms with E-state index in [9.17, 15) is 17.8 Å². The molecule has 0 saturated carbocycles. The number of carbonyl (C=O) groups is 1. The molecule has 2 rings (SSSR count). The van der Waals surface area contributed by atoms with Crippen molar-refractivity contribution in [3.8, 4) is 11.3 Å². The van der Waals surface area contributed by atoms with Crippen LogP contribution in [0.15, 0.2) is 47.5 Å². The quantitative estimate of drug-likeness (QED) is 0.490. The van der Waals surface area contributed by atoms with Crippen LogP contribution in [0.25, 0.3) is 11.3 Å². The Kier molecular flexibility index (Phi) is 4.20. The van der Waals surface area contributed by atoms with Gasteiger partial charge < -0.3 is 4.55 Å². The Labute approximate surface area is 123 Å². The topological polar surface area (TPSA) is 78.1 Å². The number of Topliss-reactive ketones (excluding diaryl/α,β-unsaturated/α-hetero) is 1. The van der Waals surface area contributed by atoms with E-state index in [1.807, 2.05) is 6.92 Å². The molecule has 6 heteroatoms. The summed E-state index contributed by atoms with van der Waals surface area (Å²) in [6.45, 7) is 3.91. The largest absolute Gasteiger partial charge is 0.744 e. The maximum absolute atomic E-state index is 11.5. The van der Waals surface area contributed by atoms with Crippen LogP contribution in [0.1, 0.15) is 24.2 Å². The first-order valence-electron chi connectivity index (χ1n) is 6.44. The van der Waals surface area contributed by atoms with Crippen LogP contribution in [0.3, 0.4) is 0 Å². The van der Waals surface area contributed by atoms with Gasteiger partial charge in [0.05, 0.1) is 10.5 Å². The second-order valence-corrected chi connectivity index (χ2v) is 5.94. The number of rotatable bonds is 4. The molecule has 0 atom stereocenters. The lowest BCUT2D eigenvalue weighted by molar-refractivity contribution is -0.682. The molecule has 0 radical (unpaired) electrons. The van der Waals surface area contributed by atoms with Gasteiger partial charge in [-0.3, -0.25) is 4.79 Å². The van der Waals surface area contributed by atoms with Crippen LogP contribution in [-0.2, 0) is 16.7 Å². The van der Waals surface area contributed by atoms with Crippen molar-refractivity contribution < 1.29 is 22.3 Å². The molecule has 0 spiro atoms. The molecule has 21 heavy (non-hydrogen) atoms. The van der Waals surface area contributed by atoms with Crippen molar-refractivity contribution in [3.05, 3.63) is 48.2 Å². The number of pyridine rings is 1. The molecule has 0 amide bonds. The first-order valence-corrected chi connectivity index (χ1v) is 7.85. The predicted octanol–water partition coefficient (Wildman–Crippen LogP) is 1.77. The lowest BCUT2D eigenvalue weighted by Crippen LogP contribution is -2.35. The van der Waals surface area contributed by atoms with Crippen molar-refractivity contribution in [2.24, 2.45) is 0 Å². The third-order valence-electron chi connectivity index (χ3n) is 3.22. The van der Waals surface area contributed by atoms with E-state index in [1.165, 1.54) is 19.1 Å². The van der Waals surface area contributed by atoms with Gasteiger partial charge in [-0.15, -0.1) is 0 Å². The second-order valence-electron chi connectivity index (χ2n) is 4.59. The summed E-state index contributed by atoms with van der Waals surface area (Å²) in [7, 11) is -4.59. The van der Waals surface area contributed by atoms with Crippen molar-refractivity contribution in [1.82, 2.24) is 0 Å². The Morgan fingerprint density at radius 3 is 2.48 bits per heavy atom. The summed E-state index contributed by atoms with van der Waals surface area (Å²) in [5.74, 6) is -0.123. The molecule has 0 N–H and O–H groups in total. The summed E-state index contributed by atoms with van der Waals surface area (Å²) >= 11 is 0. The summed E-state index contributed by atoms with van der Waals surface area (Å²) in [6.07, 6.45) is 1.71. The summed E-state index contributed by atoms with van der Waals surface area (Å²) in [4.78, 5) is 11.2. The molecule has 0 unspecified atom stereocenters. The Balaban J connectivity index is 2.78. The van der Waals surface area contributed by atoms with E-state index < -0.39 is 10.1 Å². The van der Waals surface area contributed by atoms with Gasteiger partial charge in [-0.1, -0.05) is 12.1 Å². The SMILES string of the molecule is CC[n+]1ccc(C(C)=O)cc1-c1ccccc1S(=O)(=O)[O-]. The van der Waals surface area contributed by atoms with Gasteiger partial charge in [0, 0.05) is 17.7 Å². The molecular formula is C15H15NO4S. The maximum Gasteiger partial charge on any atom is 0.214 e. The number of hydrogen-bond donors (Lipinski definition) is 0. The average molecular weight is 305 g/mol. The van der Waals surface area contributed by atoms with Crippen LogP contribution in [-0.4, -0.2) is 18.8 Å². The molecule has 110 valence electrons. The number of carbonyl (C=O) groups excluding carboxylic acids is 1. The Morgan fingerprint density at radius 1 is 1.24 bits per heavy atom. The molecule has 2 aromatic rings. The third kappa shape index (κ3) is 3.17. The van der Waals surface area contributed by atoms with Gasteiger partial charge in [-0.2, -0.15) is 4.57 Å². The minimum absolute atomic E-state index is 0.123. The summed E-state index contributed by atoms with van der Waals surface area (Å²) < 4.78 is 36.0. The van der Waals surface area contributed by atoms with Crippen molar-refractivity contribution >= 4 is 15.9 Å². The zero-order valence-corrected chi connectivity index (χ0v) is 12.6. The molecule has 1 heterocycles. The molecule has 1 aromatic heterocycles. The number of hydrogen-bond acceptors (Lipinski definition) is 4. The molecule has 0 saturated heterocycles. The van der Waals surface area contributed by atoms with E-state index in [2.05, 4.69) is 0 Å². The highest BCUT2D eigenvalue weighted by Gasteiger charge is 2.19. The zero-order chi connectivity index (χ0) is 15.6. The van der Waals surface area contributed by atoms with E-state index in [0.717, 1.165) is 0 Å². The van der Waals surface area contributed by atoms with Gasteiger partial charge in [-0.25, -0.2) is 8.42 Å². The van der Waals surface area contributed by atoms with E-state index in [4.69, 9.17) is 0 Å². The first-order chi connectivity index (χ1) is 9.84. The normalized spacial score (nSPS) is 11.4. The van der Waals surface area contributed by atoms with Gasteiger partial charge in [0.2, 0.25) is 5.69 Å². The van der Waals surface area contributed by atoms with E-state index in [1.54, 1.807) is 35.0 Å². The van der Waals surface area contributed by atoms with Crippen LogP contribution in [0.4, 0.5) is 0 Å². The van der Waals surface area contributed by atoms with Crippen molar-refractivity contribution in [3.63, 3.8) is 0 Å². The Morgan fingerprint density at radius 2 is 1.90 bits per heavy atom. The lowest BCUT2D eigenvalue weighted by atomic mass is 10.1. The fraction of sp³-hybridized carbons (Fsp3) is 0.200. The maximum atomic E-state index is 11.5. The molecule has 0 aliphatic carbocycles. The monoisotopic (exact) mass is 305 g/mol. The highest BCUT2D eigenvalue weighted by atomic mass is 32.2. The van der Waals surface area contributed by atoms with Gasteiger partial charge >= 0.3 is 0 Å². The van der Waals surface area contributed by atoms with Gasteiger partial charge in [-0.05, 0) is 26.0 Å². The van der Waals surface area contributed by atoms with Crippen molar-refractivity contribution in [2.45, 2.75) is 25.3 Å². The number of aryl methyl sites for hydroxylation is 1. The number of benzene rings is 1. The lowest BCUT2D eigenvalue weighted by Gasteiger charge is -2.12. The number of ketones is 1. The van der Waals surface area contributed by atoms with Crippen LogP contribution < -0.4 is 4.57 Å². The first kappa shape index (κ1) is 15.3. The minimum atomic E-state index is -4.59. The highest BCUT2D eigenvalue weighted by Crippen LogP contribution is 2.25. The van der Waals surface area contributed by atoms with Gasteiger partial charge in [0.25, 0.3) is 0 Å². The van der Waals surface area contributed by atoms with Crippen LogP contribution >= 0.6 is 0 Å². The molecule has 1 aromatic carbocycles. The van der Waals surface area contributed by atoms with Crippen molar-refractivity contribution in [1.29, 1.82) is 0 Å². The molecule has 0 bridgehead atoms.